The largest absolute Gasteiger partial charge is 0.504 e. The van der Waals surface area contributed by atoms with Crippen LogP contribution in [0.1, 0.15) is 18.5 Å². The van der Waals surface area contributed by atoms with Crippen molar-refractivity contribution in [3.63, 3.8) is 0 Å². The highest BCUT2D eigenvalue weighted by Gasteiger charge is 2.44. The van der Waals surface area contributed by atoms with Crippen LogP contribution in [0.25, 0.3) is 0 Å². The normalized spacial score (nSPS) is 17.3. The highest BCUT2D eigenvalue weighted by atomic mass is 16.5. The third-order valence-electron chi connectivity index (χ3n) is 4.78. The van der Waals surface area contributed by atoms with E-state index in [1.165, 1.54) is 28.4 Å². The first-order valence-corrected chi connectivity index (χ1v) is 8.67. The van der Waals surface area contributed by atoms with Gasteiger partial charge in [-0.3, -0.25) is 9.69 Å². The Balaban J connectivity index is 2.10. The number of carbonyl (C=O) groups is 1. The minimum atomic E-state index is -0.350. The quantitative estimate of drug-likeness (QED) is 0.606. The van der Waals surface area contributed by atoms with Crippen LogP contribution in [0.4, 0.5) is 5.69 Å². The molecule has 148 valence electrons. The highest BCUT2D eigenvalue weighted by Crippen LogP contribution is 2.48. The zero-order valence-electron chi connectivity index (χ0n) is 16.5. The Morgan fingerprint density at radius 1 is 0.929 bits per heavy atom. The molecule has 0 radical (unpaired) electrons. The van der Waals surface area contributed by atoms with E-state index in [-0.39, 0.29) is 17.7 Å². The number of carbonyl (C=O) groups excluding carboxylic acids is 1. The van der Waals surface area contributed by atoms with E-state index in [1.54, 1.807) is 35.2 Å². The fourth-order valence-corrected chi connectivity index (χ4v) is 3.41. The molecule has 2 aromatic rings. The summed E-state index contributed by atoms with van der Waals surface area (Å²) >= 11 is 0. The van der Waals surface area contributed by atoms with E-state index in [1.807, 2.05) is 13.0 Å². The molecule has 7 nitrogen and oxygen atoms in total. The minimum Gasteiger partial charge on any atom is -0.504 e. The molecule has 1 aliphatic heterocycles. The van der Waals surface area contributed by atoms with Crippen LogP contribution in [0.3, 0.4) is 0 Å². The summed E-state index contributed by atoms with van der Waals surface area (Å²) in [6, 6.07) is 8.20. The van der Waals surface area contributed by atoms with E-state index in [4.69, 9.17) is 18.9 Å². The molecule has 1 unspecified atom stereocenters. The molecule has 1 aliphatic rings. The van der Waals surface area contributed by atoms with Gasteiger partial charge in [0.05, 0.1) is 40.2 Å². The van der Waals surface area contributed by atoms with Crippen molar-refractivity contribution in [2.75, 3.05) is 33.3 Å². The van der Waals surface area contributed by atoms with Crippen LogP contribution in [0.15, 0.2) is 42.0 Å². The zero-order chi connectivity index (χ0) is 20.4. The molecule has 2 aromatic carbocycles. The third kappa shape index (κ3) is 2.98. The summed E-state index contributed by atoms with van der Waals surface area (Å²) in [5.74, 6) is 1.61. The van der Waals surface area contributed by atoms with Crippen molar-refractivity contribution in [1.82, 2.24) is 0 Å². The molecule has 28 heavy (non-hydrogen) atoms. The van der Waals surface area contributed by atoms with Crippen molar-refractivity contribution in [3.05, 3.63) is 47.5 Å². The van der Waals surface area contributed by atoms with Gasteiger partial charge in [-0.25, -0.2) is 0 Å². The molecular formula is C21H23NO6. The maximum absolute atomic E-state index is 12.8. The number of anilines is 1. The van der Waals surface area contributed by atoms with Gasteiger partial charge in [-0.2, -0.15) is 0 Å². The Labute approximate surface area is 163 Å². The number of hydrogen-bond acceptors (Lipinski definition) is 6. The van der Waals surface area contributed by atoms with E-state index in [0.717, 1.165) is 5.56 Å². The van der Waals surface area contributed by atoms with Gasteiger partial charge in [-0.15, -0.1) is 0 Å². The number of benzene rings is 2. The lowest BCUT2D eigenvalue weighted by Gasteiger charge is -2.43. The summed E-state index contributed by atoms with van der Waals surface area (Å²) in [5, 5.41) is 10.2. The number of β-lactam (4-membered cyclic amide) rings is 1. The van der Waals surface area contributed by atoms with Gasteiger partial charge < -0.3 is 24.1 Å². The van der Waals surface area contributed by atoms with Gasteiger partial charge in [0.15, 0.2) is 23.0 Å². The van der Waals surface area contributed by atoms with Crippen LogP contribution in [-0.2, 0) is 4.79 Å². The number of phenolic OH excluding ortho intramolecular Hbond substituents is 1. The number of allylic oxidation sites excluding steroid dienone is 1. The molecule has 1 saturated heterocycles. The lowest BCUT2D eigenvalue weighted by atomic mass is 9.87. The number of methoxy groups -OCH3 is 4. The summed E-state index contributed by atoms with van der Waals surface area (Å²) in [6.45, 7) is 1.82. The van der Waals surface area contributed by atoms with Crippen LogP contribution in [0.2, 0.25) is 0 Å². The monoisotopic (exact) mass is 385 g/mol. The molecule has 0 aromatic heterocycles. The average molecular weight is 385 g/mol. The van der Waals surface area contributed by atoms with Gasteiger partial charge in [0.25, 0.3) is 5.91 Å². The standard InChI is InChI=1S/C21H23NO6/c1-6-14-19(12-7-8-16(25-2)15(23)9-12)22(21(14)24)13-10-17(26-3)20(28-5)18(11-13)27-4/h6-11,19,23H,1-5H3/b14-6+. The molecule has 1 amide bonds. The predicted molar refractivity (Wildman–Crippen MR) is 105 cm³/mol. The van der Waals surface area contributed by atoms with Crippen LogP contribution < -0.4 is 23.8 Å². The summed E-state index contributed by atoms with van der Waals surface area (Å²) in [6.07, 6.45) is 1.78. The highest BCUT2D eigenvalue weighted by molar-refractivity contribution is 6.15. The Hall–Kier alpha value is -3.35. The summed E-state index contributed by atoms with van der Waals surface area (Å²) in [5.41, 5.74) is 2.00. The maximum Gasteiger partial charge on any atom is 0.257 e. The second-order valence-electron chi connectivity index (χ2n) is 6.14. The first kappa shape index (κ1) is 19.4. The van der Waals surface area contributed by atoms with Crippen molar-refractivity contribution in [3.8, 4) is 28.7 Å². The third-order valence-corrected chi connectivity index (χ3v) is 4.78. The summed E-state index contributed by atoms with van der Waals surface area (Å²) < 4.78 is 21.3. The lowest BCUT2D eigenvalue weighted by molar-refractivity contribution is -0.119. The number of ether oxygens (including phenoxy) is 4. The van der Waals surface area contributed by atoms with Gasteiger partial charge in [0.2, 0.25) is 5.75 Å². The van der Waals surface area contributed by atoms with Crippen LogP contribution in [0, 0.1) is 0 Å². The van der Waals surface area contributed by atoms with E-state index >= 15 is 0 Å². The molecule has 1 fully saturated rings. The van der Waals surface area contributed by atoms with Crippen LogP contribution in [-0.4, -0.2) is 39.5 Å². The van der Waals surface area contributed by atoms with Gasteiger partial charge >= 0.3 is 0 Å². The topological polar surface area (TPSA) is 77.5 Å². The molecular weight excluding hydrogens is 362 g/mol. The molecule has 0 saturated carbocycles. The number of amides is 1. The van der Waals surface area contributed by atoms with E-state index in [0.29, 0.717) is 34.3 Å². The number of rotatable bonds is 6. The Morgan fingerprint density at radius 3 is 2.00 bits per heavy atom. The number of nitrogens with zero attached hydrogens (tertiary/aromatic N) is 1. The second-order valence-corrected chi connectivity index (χ2v) is 6.14. The van der Waals surface area contributed by atoms with Crippen molar-refractivity contribution in [1.29, 1.82) is 0 Å². The smallest absolute Gasteiger partial charge is 0.257 e. The summed E-state index contributed by atoms with van der Waals surface area (Å²) in [4.78, 5) is 14.4. The minimum absolute atomic E-state index is 0.0136. The molecule has 0 bridgehead atoms. The van der Waals surface area contributed by atoms with Gasteiger partial charge in [0, 0.05) is 17.7 Å². The van der Waals surface area contributed by atoms with Gasteiger partial charge in [0.1, 0.15) is 0 Å². The SMILES string of the molecule is C/C=C1/C(=O)N(c2cc(OC)c(OC)c(OC)c2)C1c1ccc(OC)c(O)c1. The number of aromatic hydroxyl groups is 1. The van der Waals surface area contributed by atoms with Crippen molar-refractivity contribution < 1.29 is 28.8 Å². The van der Waals surface area contributed by atoms with Crippen molar-refractivity contribution >= 4 is 11.6 Å². The van der Waals surface area contributed by atoms with Crippen molar-refractivity contribution in [2.24, 2.45) is 0 Å². The molecule has 7 heteroatoms. The molecule has 0 aliphatic carbocycles. The molecule has 1 heterocycles. The van der Waals surface area contributed by atoms with Crippen LogP contribution in [0.5, 0.6) is 28.7 Å². The molecule has 0 spiro atoms. The van der Waals surface area contributed by atoms with E-state index in [2.05, 4.69) is 0 Å². The summed E-state index contributed by atoms with van der Waals surface area (Å²) in [7, 11) is 6.06. The number of phenols is 1. The molecule has 3 rings (SSSR count). The van der Waals surface area contributed by atoms with Gasteiger partial charge in [-0.1, -0.05) is 12.1 Å². The molecule has 1 atom stereocenters. The fraction of sp³-hybridized carbons (Fsp3) is 0.286. The molecule has 1 N–H and O–H groups in total. The van der Waals surface area contributed by atoms with E-state index in [9.17, 15) is 9.90 Å². The maximum atomic E-state index is 12.8. The van der Waals surface area contributed by atoms with Crippen LogP contribution >= 0.6 is 0 Å². The Bertz CT molecular complexity index is 911. The first-order chi connectivity index (χ1) is 13.5. The second kappa shape index (κ2) is 7.72. The number of hydrogen-bond donors (Lipinski definition) is 1. The fourth-order valence-electron chi connectivity index (χ4n) is 3.41. The average Bonchev–Trinajstić information content (AvgIpc) is 2.71. The first-order valence-electron chi connectivity index (χ1n) is 8.67. The van der Waals surface area contributed by atoms with Crippen molar-refractivity contribution in [2.45, 2.75) is 13.0 Å². The lowest BCUT2D eigenvalue weighted by Crippen LogP contribution is -2.49. The van der Waals surface area contributed by atoms with Gasteiger partial charge in [-0.05, 0) is 24.6 Å². The predicted octanol–water partition coefficient (Wildman–Crippen LogP) is 3.46. The Morgan fingerprint density at radius 2 is 1.54 bits per heavy atom. The van der Waals surface area contributed by atoms with E-state index < -0.39 is 0 Å². The Kier molecular flexibility index (Phi) is 5.35. The zero-order valence-corrected chi connectivity index (χ0v) is 16.5.